The van der Waals surface area contributed by atoms with Crippen molar-refractivity contribution in [3.8, 4) is 5.75 Å². The summed E-state index contributed by atoms with van der Waals surface area (Å²) < 4.78 is 10.7. The summed E-state index contributed by atoms with van der Waals surface area (Å²) in [5.41, 5.74) is 1.00. The smallest absolute Gasteiger partial charge is 0.163 e. The summed E-state index contributed by atoms with van der Waals surface area (Å²) in [6.45, 7) is 1.80. The Balaban J connectivity index is 2.18. The van der Waals surface area contributed by atoms with E-state index in [1.165, 1.54) is 0 Å². The molecule has 1 atom stereocenters. The molecular weight excluding hydrogens is 204 g/mol. The number of ether oxygens (including phenoxy) is 2. The van der Waals surface area contributed by atoms with Gasteiger partial charge in [0, 0.05) is 6.08 Å². The highest BCUT2D eigenvalue weighted by Gasteiger charge is 2.21. The van der Waals surface area contributed by atoms with Gasteiger partial charge in [0.15, 0.2) is 5.78 Å². The molecule has 2 rings (SSSR count). The zero-order chi connectivity index (χ0) is 11.5. The van der Waals surface area contributed by atoms with Crippen LogP contribution in [0.5, 0.6) is 5.75 Å². The van der Waals surface area contributed by atoms with Crippen LogP contribution in [0.25, 0.3) is 0 Å². The van der Waals surface area contributed by atoms with Crippen molar-refractivity contribution in [2.75, 3.05) is 7.11 Å². The zero-order valence-electron chi connectivity index (χ0n) is 9.40. The molecule has 0 radical (unpaired) electrons. The molecule has 0 spiro atoms. The lowest BCUT2D eigenvalue weighted by atomic mass is 10.0. The molecule has 0 bridgehead atoms. The van der Waals surface area contributed by atoms with Gasteiger partial charge in [-0.3, -0.25) is 4.79 Å². The van der Waals surface area contributed by atoms with E-state index in [1.807, 2.05) is 24.3 Å². The van der Waals surface area contributed by atoms with Gasteiger partial charge in [0.05, 0.1) is 19.3 Å². The van der Waals surface area contributed by atoms with Gasteiger partial charge >= 0.3 is 0 Å². The van der Waals surface area contributed by atoms with Crippen LogP contribution in [0.2, 0.25) is 0 Å². The zero-order valence-corrected chi connectivity index (χ0v) is 9.40. The second-order valence-corrected chi connectivity index (χ2v) is 3.81. The first-order chi connectivity index (χ1) is 7.69. The number of methoxy groups -OCH3 is 1. The number of carbonyl (C=O) groups excluding carboxylic acids is 1. The molecule has 1 unspecified atom stereocenters. The first-order valence-corrected chi connectivity index (χ1v) is 5.21. The fraction of sp³-hybridized carbons (Fsp3) is 0.308. The number of hydrogen-bond acceptors (Lipinski definition) is 3. The van der Waals surface area contributed by atoms with Gasteiger partial charge in [-0.05, 0) is 24.6 Å². The van der Waals surface area contributed by atoms with Crippen LogP contribution in [-0.4, -0.2) is 12.9 Å². The molecule has 3 heteroatoms. The maximum absolute atomic E-state index is 11.4. The summed E-state index contributed by atoms with van der Waals surface area (Å²) in [7, 11) is 1.63. The molecule has 0 aliphatic carbocycles. The number of rotatable bonds is 2. The van der Waals surface area contributed by atoms with Crippen molar-refractivity contribution < 1.29 is 14.3 Å². The third kappa shape index (κ3) is 2.24. The van der Waals surface area contributed by atoms with Gasteiger partial charge in [0.1, 0.15) is 11.9 Å². The van der Waals surface area contributed by atoms with E-state index in [0.29, 0.717) is 12.2 Å². The van der Waals surface area contributed by atoms with E-state index in [1.54, 1.807) is 20.1 Å². The van der Waals surface area contributed by atoms with Gasteiger partial charge in [-0.2, -0.15) is 0 Å². The SMILES string of the molecule is COc1ccc(C2CC(=O)C=C(C)O2)cc1. The molecule has 0 amide bonds. The molecule has 0 saturated carbocycles. The van der Waals surface area contributed by atoms with Gasteiger partial charge in [0.2, 0.25) is 0 Å². The topological polar surface area (TPSA) is 35.5 Å². The molecule has 0 fully saturated rings. The lowest BCUT2D eigenvalue weighted by Gasteiger charge is -2.22. The van der Waals surface area contributed by atoms with Crippen LogP contribution >= 0.6 is 0 Å². The molecule has 1 heterocycles. The highest BCUT2D eigenvalue weighted by atomic mass is 16.5. The Morgan fingerprint density at radius 1 is 1.31 bits per heavy atom. The minimum absolute atomic E-state index is 0.115. The van der Waals surface area contributed by atoms with Crippen molar-refractivity contribution >= 4 is 5.78 Å². The largest absolute Gasteiger partial charge is 0.497 e. The number of hydrogen-bond donors (Lipinski definition) is 0. The second kappa shape index (κ2) is 4.39. The predicted octanol–water partition coefficient (Wildman–Crippen LogP) is 2.63. The Bertz CT molecular complexity index is 417. The van der Waals surface area contributed by atoms with E-state index in [0.717, 1.165) is 11.3 Å². The molecule has 3 nitrogen and oxygen atoms in total. The van der Waals surface area contributed by atoms with Crippen LogP contribution in [-0.2, 0) is 9.53 Å². The third-order valence-electron chi connectivity index (χ3n) is 2.57. The number of carbonyl (C=O) groups is 1. The maximum Gasteiger partial charge on any atom is 0.163 e. The molecule has 1 aliphatic rings. The van der Waals surface area contributed by atoms with E-state index < -0.39 is 0 Å². The van der Waals surface area contributed by atoms with Crippen LogP contribution in [0.1, 0.15) is 25.0 Å². The highest BCUT2D eigenvalue weighted by Crippen LogP contribution is 2.29. The van der Waals surface area contributed by atoms with Crippen LogP contribution in [0.4, 0.5) is 0 Å². The first kappa shape index (κ1) is 10.7. The lowest BCUT2D eigenvalue weighted by Crippen LogP contribution is -2.14. The van der Waals surface area contributed by atoms with Crippen LogP contribution in [0.3, 0.4) is 0 Å². The second-order valence-electron chi connectivity index (χ2n) is 3.81. The molecule has 16 heavy (non-hydrogen) atoms. The molecule has 1 aromatic carbocycles. The van der Waals surface area contributed by atoms with Gasteiger partial charge < -0.3 is 9.47 Å². The van der Waals surface area contributed by atoms with E-state index in [9.17, 15) is 4.79 Å². The molecule has 0 saturated heterocycles. The molecule has 1 aromatic rings. The van der Waals surface area contributed by atoms with Crippen molar-refractivity contribution in [1.29, 1.82) is 0 Å². The lowest BCUT2D eigenvalue weighted by molar-refractivity contribution is -0.118. The van der Waals surface area contributed by atoms with Gasteiger partial charge in [-0.25, -0.2) is 0 Å². The van der Waals surface area contributed by atoms with E-state index >= 15 is 0 Å². The monoisotopic (exact) mass is 218 g/mol. The van der Waals surface area contributed by atoms with Gasteiger partial charge in [0.25, 0.3) is 0 Å². The molecule has 1 aliphatic heterocycles. The summed E-state index contributed by atoms with van der Waals surface area (Å²) in [5.74, 6) is 1.60. The Labute approximate surface area is 94.7 Å². The molecule has 0 aromatic heterocycles. The minimum Gasteiger partial charge on any atom is -0.497 e. The Morgan fingerprint density at radius 3 is 2.56 bits per heavy atom. The fourth-order valence-corrected chi connectivity index (χ4v) is 1.77. The maximum atomic E-state index is 11.4. The average molecular weight is 218 g/mol. The highest BCUT2D eigenvalue weighted by molar-refractivity contribution is 5.91. The summed E-state index contributed by atoms with van der Waals surface area (Å²) >= 11 is 0. The average Bonchev–Trinajstić information content (AvgIpc) is 2.28. The van der Waals surface area contributed by atoms with Crippen molar-refractivity contribution in [3.05, 3.63) is 41.7 Å². The van der Waals surface area contributed by atoms with Crippen molar-refractivity contribution in [1.82, 2.24) is 0 Å². The Hall–Kier alpha value is -1.77. The standard InChI is InChI=1S/C13H14O3/c1-9-7-11(14)8-13(16-9)10-3-5-12(15-2)6-4-10/h3-7,13H,8H2,1-2H3. The van der Waals surface area contributed by atoms with E-state index in [4.69, 9.17) is 9.47 Å². The number of ketones is 1. The molecule has 0 N–H and O–H groups in total. The quantitative estimate of drug-likeness (QED) is 0.765. The van der Waals surface area contributed by atoms with Crippen molar-refractivity contribution in [3.63, 3.8) is 0 Å². The minimum atomic E-state index is -0.164. The number of benzene rings is 1. The molecular formula is C13H14O3. The number of allylic oxidation sites excluding steroid dienone is 2. The summed E-state index contributed by atoms with van der Waals surface area (Å²) in [6, 6.07) is 7.60. The summed E-state index contributed by atoms with van der Waals surface area (Å²) in [4.78, 5) is 11.4. The van der Waals surface area contributed by atoms with Crippen LogP contribution < -0.4 is 4.74 Å². The normalized spacial score (nSPS) is 20.0. The van der Waals surface area contributed by atoms with Crippen LogP contribution in [0.15, 0.2) is 36.1 Å². The fourth-order valence-electron chi connectivity index (χ4n) is 1.77. The Kier molecular flexibility index (Phi) is 2.95. The third-order valence-corrected chi connectivity index (χ3v) is 2.57. The first-order valence-electron chi connectivity index (χ1n) is 5.21. The van der Waals surface area contributed by atoms with Crippen LogP contribution in [0, 0.1) is 0 Å². The van der Waals surface area contributed by atoms with Gasteiger partial charge in [-0.15, -0.1) is 0 Å². The van der Waals surface area contributed by atoms with E-state index in [2.05, 4.69) is 0 Å². The van der Waals surface area contributed by atoms with Crippen molar-refractivity contribution in [2.45, 2.75) is 19.4 Å². The summed E-state index contributed by atoms with van der Waals surface area (Å²) in [6.07, 6.45) is 1.78. The Morgan fingerprint density at radius 2 is 2.00 bits per heavy atom. The molecule has 84 valence electrons. The summed E-state index contributed by atoms with van der Waals surface area (Å²) in [5, 5.41) is 0. The van der Waals surface area contributed by atoms with Crippen molar-refractivity contribution in [2.24, 2.45) is 0 Å². The van der Waals surface area contributed by atoms with Gasteiger partial charge in [-0.1, -0.05) is 12.1 Å². The predicted molar refractivity (Wildman–Crippen MR) is 60.2 cm³/mol. The van der Waals surface area contributed by atoms with E-state index in [-0.39, 0.29) is 11.9 Å².